The summed E-state index contributed by atoms with van der Waals surface area (Å²) in [6.45, 7) is 8.47. The second-order valence-corrected chi connectivity index (χ2v) is 12.6. The lowest BCUT2D eigenvalue weighted by Crippen LogP contribution is -2.69. The first-order valence-corrected chi connectivity index (χ1v) is 15.1. The number of phenols is 1. The van der Waals surface area contributed by atoms with Gasteiger partial charge in [0.05, 0.1) is 24.1 Å². The van der Waals surface area contributed by atoms with Gasteiger partial charge >= 0.3 is 6.03 Å². The molecular weight excluding hydrogens is 544 g/mol. The maximum Gasteiger partial charge on any atom is 0.314 e. The molecular formula is C31H40N10O2. The highest BCUT2D eigenvalue weighted by molar-refractivity contribution is 5.86. The number of aromatic hydroxyl groups is 1. The van der Waals surface area contributed by atoms with Gasteiger partial charge < -0.3 is 42.0 Å². The molecule has 1 unspecified atom stereocenters. The third-order valence-corrected chi connectivity index (χ3v) is 9.97. The minimum Gasteiger partial charge on any atom is -0.507 e. The number of H-pyrrole nitrogens is 1. The van der Waals surface area contributed by atoms with Crippen LogP contribution in [0.1, 0.15) is 48.2 Å². The van der Waals surface area contributed by atoms with E-state index in [0.717, 1.165) is 87.6 Å². The van der Waals surface area contributed by atoms with Gasteiger partial charge in [-0.2, -0.15) is 0 Å². The van der Waals surface area contributed by atoms with Gasteiger partial charge in [-0.1, -0.05) is 12.1 Å². The number of nitrogens with zero attached hydrogens (tertiary/aromatic N) is 6. The summed E-state index contributed by atoms with van der Waals surface area (Å²) >= 11 is 0. The molecule has 226 valence electrons. The number of hydrogen-bond donors (Lipinski definition) is 5. The van der Waals surface area contributed by atoms with Crippen molar-refractivity contribution in [2.24, 2.45) is 16.9 Å². The highest BCUT2D eigenvalue weighted by Crippen LogP contribution is 2.50. The number of nitrogens with two attached hydrogens (primary N) is 3. The molecule has 3 aromatic rings. The number of carbonyl (C=O) groups excluding carboxylic acids is 1. The van der Waals surface area contributed by atoms with E-state index in [-0.39, 0.29) is 17.8 Å². The van der Waals surface area contributed by atoms with Crippen molar-refractivity contribution in [3.8, 4) is 5.75 Å². The van der Waals surface area contributed by atoms with Crippen molar-refractivity contribution in [2.75, 3.05) is 61.3 Å². The van der Waals surface area contributed by atoms with Crippen LogP contribution in [0.3, 0.4) is 0 Å². The van der Waals surface area contributed by atoms with Crippen LogP contribution in [0.15, 0.2) is 36.7 Å². The Hall–Kier alpha value is -4.45. The van der Waals surface area contributed by atoms with Crippen LogP contribution in [-0.4, -0.2) is 87.7 Å². The number of rotatable bonds is 5. The second kappa shape index (κ2) is 10.4. The summed E-state index contributed by atoms with van der Waals surface area (Å²) in [5.74, 6) is 1.38. The maximum atomic E-state index is 11.3. The molecule has 1 atom stereocenters. The van der Waals surface area contributed by atoms with Crippen molar-refractivity contribution < 1.29 is 9.90 Å². The van der Waals surface area contributed by atoms with Gasteiger partial charge in [-0.3, -0.25) is 4.90 Å². The number of likely N-dealkylation sites (tertiary alicyclic amines) is 1. The van der Waals surface area contributed by atoms with E-state index in [9.17, 15) is 9.90 Å². The topological polar surface area (TPSA) is 170 Å². The first-order valence-electron chi connectivity index (χ1n) is 15.1. The first-order chi connectivity index (χ1) is 20.7. The lowest BCUT2D eigenvalue weighted by molar-refractivity contribution is -0.0887. The van der Waals surface area contributed by atoms with E-state index >= 15 is 0 Å². The van der Waals surface area contributed by atoms with Gasteiger partial charge in [0.1, 0.15) is 11.6 Å². The number of piperazine rings is 1. The Kier molecular flexibility index (Phi) is 6.60. The van der Waals surface area contributed by atoms with E-state index in [1.807, 2.05) is 24.5 Å². The molecule has 8 N–H and O–H groups in total. The normalized spacial score (nSPS) is 22.3. The van der Waals surface area contributed by atoms with Crippen LogP contribution in [0, 0.1) is 5.41 Å². The largest absolute Gasteiger partial charge is 0.507 e. The zero-order chi connectivity index (χ0) is 29.9. The number of carbonyl (C=O) groups is 1. The van der Waals surface area contributed by atoms with Crippen molar-refractivity contribution in [3.63, 3.8) is 0 Å². The summed E-state index contributed by atoms with van der Waals surface area (Å²) in [6, 6.07) is 7.32. The number of primary amides is 1. The Morgan fingerprint density at radius 2 is 1.77 bits per heavy atom. The van der Waals surface area contributed by atoms with Crippen molar-refractivity contribution in [2.45, 2.75) is 38.3 Å². The standard InChI is InChI=1S/C31H40N10O2/c1-19-27-23(12-24(32)22-4-2-3-5-26(22)42)28(33)37-25(27)6-7-41(19)30-35-15-21(16-36-30)39-10-8-38(9-11-39)20-13-31(14-20)17-40(18-31)29(34)43/h2-5,12,15-16,19-20,37,42H,6-11,13-14,17-18,32-33H2,1H3,(H2,34,43)/b24-12-. The van der Waals surface area contributed by atoms with E-state index in [4.69, 9.17) is 27.2 Å². The SMILES string of the molecule is CC1c2c([nH]c(N)c2/C=C(\N)c2ccccc2O)CCN1c1ncc(N2CCN(C3CC4(C3)CN(C(N)=O)C4)CC2)cn1. The molecule has 2 saturated heterocycles. The molecule has 12 heteroatoms. The van der Waals surface area contributed by atoms with Crippen molar-refractivity contribution in [1.29, 1.82) is 0 Å². The van der Waals surface area contributed by atoms with Crippen molar-refractivity contribution >= 4 is 35.3 Å². The van der Waals surface area contributed by atoms with Crippen molar-refractivity contribution in [3.05, 3.63) is 59.0 Å². The summed E-state index contributed by atoms with van der Waals surface area (Å²) in [5.41, 5.74) is 23.6. The Bertz CT molecular complexity index is 1540. The van der Waals surface area contributed by atoms with Gasteiger partial charge in [-0.15, -0.1) is 0 Å². The van der Waals surface area contributed by atoms with Crippen LogP contribution in [0.2, 0.25) is 0 Å². The molecule has 43 heavy (non-hydrogen) atoms. The quantitative estimate of drug-likeness (QED) is 0.302. The summed E-state index contributed by atoms with van der Waals surface area (Å²) in [6.07, 6.45) is 8.83. The third kappa shape index (κ3) is 4.79. The van der Waals surface area contributed by atoms with Crippen LogP contribution in [-0.2, 0) is 6.42 Å². The average molecular weight is 585 g/mol. The van der Waals surface area contributed by atoms with Crippen molar-refractivity contribution in [1.82, 2.24) is 24.8 Å². The number of urea groups is 1. The molecule has 4 aliphatic rings. The summed E-state index contributed by atoms with van der Waals surface area (Å²) in [5, 5.41) is 10.3. The second-order valence-electron chi connectivity index (χ2n) is 12.6. The zero-order valence-electron chi connectivity index (χ0n) is 24.5. The number of anilines is 3. The Morgan fingerprint density at radius 3 is 2.44 bits per heavy atom. The highest BCUT2D eigenvalue weighted by Gasteiger charge is 2.54. The molecule has 12 nitrogen and oxygen atoms in total. The lowest BCUT2D eigenvalue weighted by Gasteiger charge is -2.61. The fraction of sp³-hybridized carbons (Fsp3) is 0.452. The van der Waals surface area contributed by atoms with Gasteiger partial charge in [0.25, 0.3) is 0 Å². The summed E-state index contributed by atoms with van der Waals surface area (Å²) in [7, 11) is 0. The number of para-hydroxylation sites is 1. The van der Waals surface area contributed by atoms with Gasteiger partial charge in [0.15, 0.2) is 0 Å². The number of aromatic nitrogens is 3. The van der Waals surface area contributed by atoms with Gasteiger partial charge in [-0.05, 0) is 38.0 Å². The summed E-state index contributed by atoms with van der Waals surface area (Å²) in [4.78, 5) is 33.2. The number of amides is 2. The molecule has 1 aromatic carbocycles. The Labute approximate surface area is 251 Å². The first kappa shape index (κ1) is 27.4. The molecule has 0 bridgehead atoms. The molecule has 1 spiro atoms. The molecule has 1 saturated carbocycles. The highest BCUT2D eigenvalue weighted by atomic mass is 16.3. The number of fused-ring (bicyclic) bond motifs is 1. The lowest BCUT2D eigenvalue weighted by atomic mass is 9.60. The van der Waals surface area contributed by atoms with E-state index in [0.29, 0.717) is 34.5 Å². The Balaban J connectivity index is 0.993. The number of aromatic amines is 1. The van der Waals surface area contributed by atoms with E-state index in [2.05, 4.69) is 26.6 Å². The van der Waals surface area contributed by atoms with Crippen LogP contribution >= 0.6 is 0 Å². The predicted molar refractivity (Wildman–Crippen MR) is 167 cm³/mol. The smallest absolute Gasteiger partial charge is 0.314 e. The van der Waals surface area contributed by atoms with Crippen LogP contribution in [0.25, 0.3) is 11.8 Å². The van der Waals surface area contributed by atoms with E-state index in [1.54, 1.807) is 23.1 Å². The van der Waals surface area contributed by atoms with Gasteiger partial charge in [-0.25, -0.2) is 14.8 Å². The number of hydrogen-bond acceptors (Lipinski definition) is 9. The molecule has 2 amide bonds. The average Bonchev–Trinajstić information content (AvgIpc) is 3.27. The fourth-order valence-electron chi connectivity index (χ4n) is 7.59. The summed E-state index contributed by atoms with van der Waals surface area (Å²) < 4.78 is 0. The predicted octanol–water partition coefficient (Wildman–Crippen LogP) is 2.34. The molecule has 5 heterocycles. The fourth-order valence-corrected chi connectivity index (χ4v) is 7.59. The zero-order valence-corrected chi connectivity index (χ0v) is 24.5. The van der Waals surface area contributed by atoms with Gasteiger partial charge in [0, 0.05) is 91.8 Å². The van der Waals surface area contributed by atoms with Gasteiger partial charge in [0.2, 0.25) is 5.95 Å². The minimum atomic E-state index is -0.294. The van der Waals surface area contributed by atoms with Crippen LogP contribution in [0.5, 0.6) is 5.75 Å². The number of nitrogens with one attached hydrogen (secondary N) is 1. The van der Waals surface area contributed by atoms with E-state index in [1.165, 1.54) is 0 Å². The molecule has 0 radical (unpaired) electrons. The minimum absolute atomic E-state index is 0.0217. The van der Waals surface area contributed by atoms with Crippen LogP contribution in [0.4, 0.5) is 22.2 Å². The maximum absolute atomic E-state index is 11.3. The molecule has 7 rings (SSSR count). The number of nitrogen functional groups attached to an aromatic ring is 1. The molecule has 3 fully saturated rings. The molecule has 3 aliphatic heterocycles. The third-order valence-electron chi connectivity index (χ3n) is 9.97. The number of benzene rings is 1. The van der Waals surface area contributed by atoms with E-state index < -0.39 is 0 Å². The molecule has 1 aliphatic carbocycles. The molecule has 2 aromatic heterocycles. The Morgan fingerprint density at radius 1 is 1.07 bits per heavy atom. The number of phenolic OH excluding ortho intramolecular Hbond substituents is 1. The van der Waals surface area contributed by atoms with Crippen LogP contribution < -0.4 is 27.0 Å². The monoisotopic (exact) mass is 584 g/mol.